The third-order valence-corrected chi connectivity index (χ3v) is 5.20. The van der Waals surface area contributed by atoms with E-state index in [4.69, 9.17) is 20.8 Å². The molecule has 0 radical (unpaired) electrons. The molecule has 0 saturated heterocycles. The van der Waals surface area contributed by atoms with E-state index in [-0.39, 0.29) is 18.5 Å². The van der Waals surface area contributed by atoms with Crippen LogP contribution in [0.5, 0.6) is 0 Å². The number of carbonyl (C=O) groups excluding carboxylic acids is 2. The molecule has 33 heavy (non-hydrogen) atoms. The van der Waals surface area contributed by atoms with Crippen molar-refractivity contribution < 1.29 is 18.7 Å². The van der Waals surface area contributed by atoms with Gasteiger partial charge in [0.2, 0.25) is 5.91 Å². The van der Waals surface area contributed by atoms with Crippen LogP contribution in [0, 0.1) is 0 Å². The Morgan fingerprint density at radius 3 is 2.52 bits per heavy atom. The van der Waals surface area contributed by atoms with Crippen molar-refractivity contribution in [1.29, 1.82) is 0 Å². The molecule has 0 atom stereocenters. The van der Waals surface area contributed by atoms with E-state index in [1.165, 1.54) is 4.90 Å². The minimum absolute atomic E-state index is 0.0797. The lowest BCUT2D eigenvalue weighted by Crippen LogP contribution is -2.44. The topological polar surface area (TPSA) is 75.0 Å². The maximum absolute atomic E-state index is 13.3. The van der Waals surface area contributed by atoms with Gasteiger partial charge in [0.1, 0.15) is 12.3 Å². The number of ether oxygens (including phenoxy) is 1. The summed E-state index contributed by atoms with van der Waals surface area (Å²) in [7, 11) is 1.60. The maximum Gasteiger partial charge on any atom is 0.322 e. The molecule has 3 rings (SSSR count). The molecule has 0 spiro atoms. The number of anilines is 1. The molecule has 3 aromatic rings. The molecule has 3 amide bonds. The number of carbonyl (C=O) groups is 2. The fourth-order valence-corrected chi connectivity index (χ4v) is 3.50. The average molecular weight is 470 g/mol. The fraction of sp³-hybridized carbons (Fsp3) is 0.280. The van der Waals surface area contributed by atoms with Gasteiger partial charge in [0.05, 0.1) is 12.8 Å². The highest BCUT2D eigenvalue weighted by atomic mass is 35.5. The molecule has 0 bridgehead atoms. The Bertz CT molecular complexity index is 1010. The SMILES string of the molecule is COCCCN(CC(=O)N(Cc1ccccc1)Cc1ccco1)C(=O)Nc1cccc(Cl)c1. The van der Waals surface area contributed by atoms with Gasteiger partial charge in [-0.2, -0.15) is 0 Å². The Morgan fingerprint density at radius 1 is 1.00 bits per heavy atom. The van der Waals surface area contributed by atoms with E-state index in [9.17, 15) is 9.59 Å². The normalized spacial score (nSPS) is 10.6. The summed E-state index contributed by atoms with van der Waals surface area (Å²) in [6, 6.07) is 19.8. The van der Waals surface area contributed by atoms with Crippen LogP contribution >= 0.6 is 11.6 Å². The summed E-state index contributed by atoms with van der Waals surface area (Å²) in [6.45, 7) is 1.48. The second kappa shape index (κ2) is 12.7. The number of amides is 3. The molecule has 0 saturated carbocycles. The lowest BCUT2D eigenvalue weighted by atomic mass is 10.2. The Balaban J connectivity index is 1.73. The number of benzene rings is 2. The van der Waals surface area contributed by atoms with E-state index in [1.54, 1.807) is 48.6 Å². The summed E-state index contributed by atoms with van der Waals surface area (Å²) in [5.41, 5.74) is 1.56. The van der Waals surface area contributed by atoms with Gasteiger partial charge in [-0.15, -0.1) is 0 Å². The molecular formula is C25H28ClN3O4. The van der Waals surface area contributed by atoms with Gasteiger partial charge in [-0.3, -0.25) is 4.79 Å². The molecule has 0 aliphatic carbocycles. The smallest absolute Gasteiger partial charge is 0.322 e. The van der Waals surface area contributed by atoms with Gasteiger partial charge >= 0.3 is 6.03 Å². The predicted molar refractivity (Wildman–Crippen MR) is 128 cm³/mol. The van der Waals surface area contributed by atoms with Gasteiger partial charge in [0.25, 0.3) is 0 Å². The lowest BCUT2D eigenvalue weighted by Gasteiger charge is -2.27. The highest BCUT2D eigenvalue weighted by Gasteiger charge is 2.22. The van der Waals surface area contributed by atoms with Crippen molar-refractivity contribution in [2.45, 2.75) is 19.5 Å². The second-order valence-corrected chi connectivity index (χ2v) is 7.96. The zero-order chi connectivity index (χ0) is 23.5. The summed E-state index contributed by atoms with van der Waals surface area (Å²) in [6.07, 6.45) is 2.18. The first-order valence-corrected chi connectivity index (χ1v) is 11.1. The summed E-state index contributed by atoms with van der Waals surface area (Å²) in [4.78, 5) is 29.5. The van der Waals surface area contributed by atoms with Crippen LogP contribution < -0.4 is 5.32 Å². The summed E-state index contributed by atoms with van der Waals surface area (Å²) in [5.74, 6) is 0.488. The molecule has 0 aliphatic rings. The van der Waals surface area contributed by atoms with E-state index >= 15 is 0 Å². The second-order valence-electron chi connectivity index (χ2n) is 7.52. The van der Waals surface area contributed by atoms with Gasteiger partial charge in [0, 0.05) is 37.5 Å². The van der Waals surface area contributed by atoms with Crippen LogP contribution in [0.3, 0.4) is 0 Å². The molecule has 0 aliphatic heterocycles. The van der Waals surface area contributed by atoms with Crippen LogP contribution in [-0.2, 0) is 22.6 Å². The van der Waals surface area contributed by atoms with Crippen molar-refractivity contribution in [3.05, 3.63) is 89.3 Å². The summed E-state index contributed by atoms with van der Waals surface area (Å²) >= 11 is 6.03. The monoisotopic (exact) mass is 469 g/mol. The lowest BCUT2D eigenvalue weighted by molar-refractivity contribution is -0.133. The number of rotatable bonds is 11. The van der Waals surface area contributed by atoms with Crippen LogP contribution in [0.1, 0.15) is 17.7 Å². The number of hydrogen-bond donors (Lipinski definition) is 1. The van der Waals surface area contributed by atoms with E-state index in [2.05, 4.69) is 5.32 Å². The third kappa shape index (κ3) is 7.97. The number of urea groups is 1. The minimum Gasteiger partial charge on any atom is -0.467 e. The van der Waals surface area contributed by atoms with Gasteiger partial charge in [-0.1, -0.05) is 48.0 Å². The van der Waals surface area contributed by atoms with Crippen LogP contribution in [0.2, 0.25) is 5.02 Å². The maximum atomic E-state index is 13.3. The van der Waals surface area contributed by atoms with E-state index in [0.717, 1.165) is 5.56 Å². The standard InChI is InChI=1S/C25H28ClN3O4/c1-32-14-7-13-28(25(31)27-22-11-5-10-21(26)16-22)19-24(30)29(18-23-12-6-15-33-23)17-20-8-3-2-4-9-20/h2-6,8-12,15-16H,7,13-14,17-19H2,1H3,(H,27,31). The highest BCUT2D eigenvalue weighted by Crippen LogP contribution is 2.16. The Labute approximate surface area is 198 Å². The van der Waals surface area contributed by atoms with E-state index in [0.29, 0.717) is 49.1 Å². The molecule has 1 N–H and O–H groups in total. The molecule has 8 heteroatoms. The Hall–Kier alpha value is -3.29. The first kappa shape index (κ1) is 24.4. The third-order valence-electron chi connectivity index (χ3n) is 4.96. The average Bonchev–Trinajstić information content (AvgIpc) is 3.32. The van der Waals surface area contributed by atoms with Crippen molar-refractivity contribution >= 4 is 29.2 Å². The molecule has 7 nitrogen and oxygen atoms in total. The molecule has 0 fully saturated rings. The van der Waals surface area contributed by atoms with Gasteiger partial charge in [0.15, 0.2) is 0 Å². The fourth-order valence-electron chi connectivity index (χ4n) is 3.31. The minimum atomic E-state index is -0.376. The van der Waals surface area contributed by atoms with Gasteiger partial charge in [-0.25, -0.2) is 4.79 Å². The van der Waals surface area contributed by atoms with Crippen LogP contribution in [0.25, 0.3) is 0 Å². The number of furan rings is 1. The largest absolute Gasteiger partial charge is 0.467 e. The van der Waals surface area contributed by atoms with Crippen LogP contribution in [0.4, 0.5) is 10.5 Å². The molecule has 0 unspecified atom stereocenters. The van der Waals surface area contributed by atoms with E-state index in [1.807, 2.05) is 36.4 Å². The number of nitrogens with zero attached hydrogens (tertiary/aromatic N) is 2. The molecule has 174 valence electrons. The van der Waals surface area contributed by atoms with Crippen LogP contribution in [0.15, 0.2) is 77.4 Å². The first-order chi connectivity index (χ1) is 16.0. The molecular weight excluding hydrogens is 442 g/mol. The van der Waals surface area contributed by atoms with Crippen molar-refractivity contribution in [3.8, 4) is 0 Å². The van der Waals surface area contributed by atoms with Gasteiger partial charge in [-0.05, 0) is 42.3 Å². The molecule has 1 aromatic heterocycles. The van der Waals surface area contributed by atoms with Gasteiger partial charge < -0.3 is 24.3 Å². The quantitative estimate of drug-likeness (QED) is 0.399. The number of methoxy groups -OCH3 is 1. The van der Waals surface area contributed by atoms with Crippen molar-refractivity contribution in [2.24, 2.45) is 0 Å². The van der Waals surface area contributed by atoms with Crippen molar-refractivity contribution in [3.63, 3.8) is 0 Å². The number of nitrogens with one attached hydrogen (secondary N) is 1. The summed E-state index contributed by atoms with van der Waals surface area (Å²) in [5, 5.41) is 3.34. The highest BCUT2D eigenvalue weighted by molar-refractivity contribution is 6.30. The van der Waals surface area contributed by atoms with Crippen LogP contribution in [-0.4, -0.2) is 48.5 Å². The zero-order valence-electron chi connectivity index (χ0n) is 18.6. The predicted octanol–water partition coefficient (Wildman–Crippen LogP) is 5.03. The van der Waals surface area contributed by atoms with Crippen molar-refractivity contribution in [2.75, 3.05) is 32.1 Å². The Morgan fingerprint density at radius 2 is 1.82 bits per heavy atom. The number of halogens is 1. The molecule has 2 aromatic carbocycles. The zero-order valence-corrected chi connectivity index (χ0v) is 19.3. The van der Waals surface area contributed by atoms with Crippen molar-refractivity contribution in [1.82, 2.24) is 9.80 Å². The van der Waals surface area contributed by atoms with E-state index < -0.39 is 0 Å². The first-order valence-electron chi connectivity index (χ1n) is 10.7. The number of hydrogen-bond acceptors (Lipinski definition) is 4. The summed E-state index contributed by atoms with van der Waals surface area (Å²) < 4.78 is 10.6. The molecule has 1 heterocycles. The Kier molecular flexibility index (Phi) is 9.35.